The highest BCUT2D eigenvalue weighted by molar-refractivity contribution is 5.76. The second-order valence-corrected chi connectivity index (χ2v) is 4.66. The summed E-state index contributed by atoms with van der Waals surface area (Å²) in [4.78, 5) is 11.8. The van der Waals surface area contributed by atoms with Crippen molar-refractivity contribution in [3.8, 4) is 0 Å². The molecule has 0 aliphatic carbocycles. The number of carbonyl (C=O) groups excluding carboxylic acids is 1. The number of aromatic nitrogens is 2. The van der Waals surface area contributed by atoms with Gasteiger partial charge in [0.15, 0.2) is 0 Å². The number of nitrogens with one attached hydrogen (secondary N) is 1. The van der Waals surface area contributed by atoms with E-state index in [0.717, 1.165) is 31.2 Å². The largest absolute Gasteiger partial charge is 0.352 e. The zero-order valence-corrected chi connectivity index (χ0v) is 11.4. The van der Waals surface area contributed by atoms with Crippen molar-refractivity contribution in [2.45, 2.75) is 45.1 Å². The first kappa shape index (κ1) is 14.7. The fraction of sp³-hybridized carbons (Fsp3) is 0.692. The summed E-state index contributed by atoms with van der Waals surface area (Å²) in [5.41, 5.74) is 6.73. The average Bonchev–Trinajstić information content (AvgIpc) is 2.78. The first-order chi connectivity index (χ1) is 8.65. The first-order valence-corrected chi connectivity index (χ1v) is 6.62. The van der Waals surface area contributed by atoms with Crippen molar-refractivity contribution in [1.82, 2.24) is 15.1 Å². The summed E-state index contributed by atoms with van der Waals surface area (Å²) in [5.74, 6) is 0.0745. The predicted octanol–water partition coefficient (Wildman–Crippen LogP) is 0.986. The predicted molar refractivity (Wildman–Crippen MR) is 72.0 cm³/mol. The molecule has 0 fully saturated rings. The minimum absolute atomic E-state index is 0.0745. The SMILES string of the molecule is CCCCC(CN)NC(=O)CCc1cnn(C)c1. The van der Waals surface area contributed by atoms with Crippen LogP contribution in [0.4, 0.5) is 0 Å². The molecule has 0 radical (unpaired) electrons. The summed E-state index contributed by atoms with van der Waals surface area (Å²) < 4.78 is 1.75. The van der Waals surface area contributed by atoms with Crippen LogP contribution in [-0.2, 0) is 18.3 Å². The molecule has 0 saturated carbocycles. The number of hydrogen-bond acceptors (Lipinski definition) is 3. The number of amides is 1. The van der Waals surface area contributed by atoms with Gasteiger partial charge in [0.2, 0.25) is 5.91 Å². The van der Waals surface area contributed by atoms with Gasteiger partial charge in [-0.2, -0.15) is 5.10 Å². The van der Waals surface area contributed by atoms with E-state index in [9.17, 15) is 4.79 Å². The third-order valence-electron chi connectivity index (χ3n) is 2.95. The monoisotopic (exact) mass is 252 g/mol. The normalized spacial score (nSPS) is 12.4. The molecule has 102 valence electrons. The standard InChI is InChI=1S/C13H24N4O/c1-3-4-5-12(8-14)16-13(18)7-6-11-9-15-17(2)10-11/h9-10,12H,3-8,14H2,1-2H3,(H,16,18). The van der Waals surface area contributed by atoms with Crippen molar-refractivity contribution in [1.29, 1.82) is 0 Å². The van der Waals surface area contributed by atoms with Gasteiger partial charge in [0, 0.05) is 32.3 Å². The number of nitrogens with zero attached hydrogens (tertiary/aromatic N) is 2. The molecule has 0 aliphatic rings. The molecule has 1 atom stereocenters. The Hall–Kier alpha value is -1.36. The van der Waals surface area contributed by atoms with Gasteiger partial charge in [0.1, 0.15) is 0 Å². The molecule has 0 spiro atoms. The lowest BCUT2D eigenvalue weighted by atomic mass is 10.1. The number of carbonyl (C=O) groups is 1. The van der Waals surface area contributed by atoms with Crippen LogP contribution < -0.4 is 11.1 Å². The lowest BCUT2D eigenvalue weighted by Crippen LogP contribution is -2.40. The highest BCUT2D eigenvalue weighted by atomic mass is 16.1. The van der Waals surface area contributed by atoms with E-state index < -0.39 is 0 Å². The summed E-state index contributed by atoms with van der Waals surface area (Å²) in [5, 5.41) is 7.06. The highest BCUT2D eigenvalue weighted by Crippen LogP contribution is 2.03. The number of unbranched alkanes of at least 4 members (excludes halogenated alkanes) is 1. The van der Waals surface area contributed by atoms with Crippen LogP contribution in [0.25, 0.3) is 0 Å². The maximum atomic E-state index is 11.8. The van der Waals surface area contributed by atoms with Crippen LogP contribution in [0.2, 0.25) is 0 Å². The number of rotatable bonds is 8. The number of aryl methyl sites for hydroxylation is 2. The molecule has 1 aromatic heterocycles. The molecular formula is C13H24N4O. The maximum Gasteiger partial charge on any atom is 0.220 e. The van der Waals surface area contributed by atoms with E-state index in [1.807, 2.05) is 13.2 Å². The van der Waals surface area contributed by atoms with Crippen LogP contribution >= 0.6 is 0 Å². The van der Waals surface area contributed by atoms with Crippen molar-refractivity contribution in [3.05, 3.63) is 18.0 Å². The van der Waals surface area contributed by atoms with E-state index in [-0.39, 0.29) is 11.9 Å². The lowest BCUT2D eigenvalue weighted by Gasteiger charge is -2.16. The second kappa shape index (κ2) is 7.87. The second-order valence-electron chi connectivity index (χ2n) is 4.66. The fourth-order valence-electron chi connectivity index (χ4n) is 1.86. The minimum atomic E-state index is 0.0745. The Morgan fingerprint density at radius 2 is 2.39 bits per heavy atom. The van der Waals surface area contributed by atoms with E-state index >= 15 is 0 Å². The van der Waals surface area contributed by atoms with E-state index in [1.165, 1.54) is 0 Å². The van der Waals surface area contributed by atoms with Gasteiger partial charge in [-0.1, -0.05) is 19.8 Å². The van der Waals surface area contributed by atoms with Crippen LogP contribution in [0.5, 0.6) is 0 Å². The molecule has 1 amide bonds. The molecule has 0 bridgehead atoms. The first-order valence-electron chi connectivity index (χ1n) is 6.62. The van der Waals surface area contributed by atoms with Crippen molar-refractivity contribution in [3.63, 3.8) is 0 Å². The molecule has 5 heteroatoms. The average molecular weight is 252 g/mol. The summed E-state index contributed by atoms with van der Waals surface area (Å²) in [6.45, 7) is 2.65. The van der Waals surface area contributed by atoms with Gasteiger partial charge < -0.3 is 11.1 Å². The topological polar surface area (TPSA) is 72.9 Å². The third kappa shape index (κ3) is 5.31. The summed E-state index contributed by atoms with van der Waals surface area (Å²) in [6.07, 6.45) is 8.15. The highest BCUT2D eigenvalue weighted by Gasteiger charge is 2.10. The fourth-order valence-corrected chi connectivity index (χ4v) is 1.86. The lowest BCUT2D eigenvalue weighted by molar-refractivity contribution is -0.121. The van der Waals surface area contributed by atoms with Gasteiger partial charge in [0.05, 0.1) is 6.20 Å². The Labute approximate surface area is 109 Å². The molecule has 1 aromatic rings. The summed E-state index contributed by atoms with van der Waals surface area (Å²) in [6, 6.07) is 0.117. The molecule has 3 N–H and O–H groups in total. The number of nitrogens with two attached hydrogens (primary N) is 1. The van der Waals surface area contributed by atoms with Gasteiger partial charge >= 0.3 is 0 Å². The van der Waals surface area contributed by atoms with Crippen LogP contribution in [0.1, 0.15) is 38.2 Å². The Morgan fingerprint density at radius 1 is 1.61 bits per heavy atom. The van der Waals surface area contributed by atoms with Gasteiger partial charge in [0.25, 0.3) is 0 Å². The summed E-state index contributed by atoms with van der Waals surface area (Å²) >= 11 is 0. The Balaban J connectivity index is 2.27. The van der Waals surface area contributed by atoms with E-state index in [4.69, 9.17) is 5.73 Å². The van der Waals surface area contributed by atoms with Gasteiger partial charge in [-0.15, -0.1) is 0 Å². The van der Waals surface area contributed by atoms with Crippen molar-refractivity contribution < 1.29 is 4.79 Å². The van der Waals surface area contributed by atoms with Gasteiger partial charge in [-0.3, -0.25) is 9.48 Å². The Morgan fingerprint density at radius 3 is 2.94 bits per heavy atom. The Kier molecular flexibility index (Phi) is 6.43. The zero-order chi connectivity index (χ0) is 13.4. The molecule has 1 heterocycles. The van der Waals surface area contributed by atoms with Crippen molar-refractivity contribution in [2.24, 2.45) is 12.8 Å². The van der Waals surface area contributed by atoms with Gasteiger partial charge in [-0.05, 0) is 18.4 Å². The zero-order valence-electron chi connectivity index (χ0n) is 11.4. The van der Waals surface area contributed by atoms with E-state index in [2.05, 4.69) is 17.3 Å². The smallest absolute Gasteiger partial charge is 0.220 e. The third-order valence-corrected chi connectivity index (χ3v) is 2.95. The molecule has 0 aliphatic heterocycles. The Bertz CT molecular complexity index is 362. The van der Waals surface area contributed by atoms with Gasteiger partial charge in [-0.25, -0.2) is 0 Å². The maximum absolute atomic E-state index is 11.8. The van der Waals surface area contributed by atoms with E-state index in [0.29, 0.717) is 13.0 Å². The van der Waals surface area contributed by atoms with Crippen LogP contribution in [0, 0.1) is 0 Å². The quantitative estimate of drug-likeness (QED) is 0.724. The minimum Gasteiger partial charge on any atom is -0.352 e. The summed E-state index contributed by atoms with van der Waals surface area (Å²) in [7, 11) is 1.87. The van der Waals surface area contributed by atoms with Crippen LogP contribution in [0.3, 0.4) is 0 Å². The van der Waals surface area contributed by atoms with Crippen LogP contribution in [0.15, 0.2) is 12.4 Å². The number of hydrogen-bond donors (Lipinski definition) is 2. The van der Waals surface area contributed by atoms with Crippen LogP contribution in [-0.4, -0.2) is 28.3 Å². The molecule has 5 nitrogen and oxygen atoms in total. The molecule has 1 unspecified atom stereocenters. The van der Waals surface area contributed by atoms with Crippen molar-refractivity contribution in [2.75, 3.05) is 6.54 Å². The molecule has 0 aromatic carbocycles. The van der Waals surface area contributed by atoms with Crippen molar-refractivity contribution >= 4 is 5.91 Å². The molecule has 18 heavy (non-hydrogen) atoms. The molecule has 1 rings (SSSR count). The molecular weight excluding hydrogens is 228 g/mol. The van der Waals surface area contributed by atoms with E-state index in [1.54, 1.807) is 10.9 Å². The molecule has 0 saturated heterocycles.